The lowest BCUT2D eigenvalue weighted by Crippen LogP contribution is -1.79. The highest BCUT2D eigenvalue weighted by atomic mass is 16.5. The van der Waals surface area contributed by atoms with E-state index < -0.39 is 0 Å². The van der Waals surface area contributed by atoms with Gasteiger partial charge < -0.3 is 4.52 Å². The maximum absolute atomic E-state index is 5.47. The van der Waals surface area contributed by atoms with Crippen molar-refractivity contribution in [2.24, 2.45) is 0 Å². The molecule has 0 unspecified atom stereocenters. The molecule has 2 nitrogen and oxygen atoms in total. The van der Waals surface area contributed by atoms with Crippen LogP contribution in [0.5, 0.6) is 0 Å². The van der Waals surface area contributed by atoms with Crippen LogP contribution in [0.2, 0.25) is 0 Å². The molecule has 4 aromatic rings. The SMILES string of the molecule is c1ccc(-c2ccc(-c3cc(-c4ccccc4)on3)cc2)cc1. The zero-order chi connectivity index (χ0) is 15.5. The normalized spacial score (nSPS) is 10.6. The van der Waals surface area contributed by atoms with Crippen molar-refractivity contribution in [1.82, 2.24) is 5.16 Å². The monoisotopic (exact) mass is 297 g/mol. The highest BCUT2D eigenvalue weighted by Gasteiger charge is 2.08. The fourth-order valence-corrected chi connectivity index (χ4v) is 2.61. The molecule has 0 spiro atoms. The third-order valence-corrected chi connectivity index (χ3v) is 3.86. The molecule has 0 aliphatic heterocycles. The van der Waals surface area contributed by atoms with E-state index in [1.165, 1.54) is 11.1 Å². The molecule has 0 saturated heterocycles. The molecule has 3 aromatic carbocycles. The Bertz CT molecular complexity index is 894. The first-order chi connectivity index (χ1) is 11.4. The van der Waals surface area contributed by atoms with E-state index in [0.29, 0.717) is 0 Å². The molecule has 4 rings (SSSR count). The van der Waals surface area contributed by atoms with Gasteiger partial charge in [-0.2, -0.15) is 0 Å². The number of aromatic nitrogens is 1. The summed E-state index contributed by atoms with van der Waals surface area (Å²) in [5.74, 6) is 0.785. The van der Waals surface area contributed by atoms with Gasteiger partial charge in [0.1, 0.15) is 5.69 Å². The average Bonchev–Trinajstić information content (AvgIpc) is 3.14. The fraction of sp³-hybridized carbons (Fsp3) is 0. The van der Waals surface area contributed by atoms with Crippen molar-refractivity contribution in [1.29, 1.82) is 0 Å². The molecule has 0 saturated carbocycles. The first-order valence-electron chi connectivity index (χ1n) is 7.58. The van der Waals surface area contributed by atoms with Crippen molar-refractivity contribution in [3.05, 3.63) is 91.0 Å². The van der Waals surface area contributed by atoms with Crippen LogP contribution in [-0.4, -0.2) is 5.16 Å². The second-order valence-electron chi connectivity index (χ2n) is 5.39. The molecule has 0 atom stereocenters. The van der Waals surface area contributed by atoms with E-state index in [-0.39, 0.29) is 0 Å². The molecule has 1 heterocycles. The minimum atomic E-state index is 0.785. The highest BCUT2D eigenvalue weighted by molar-refractivity contribution is 5.71. The van der Waals surface area contributed by atoms with Crippen LogP contribution in [0.1, 0.15) is 0 Å². The Labute approximate surface area is 135 Å². The minimum absolute atomic E-state index is 0.785. The Morgan fingerprint density at radius 1 is 0.522 bits per heavy atom. The van der Waals surface area contributed by atoms with Gasteiger partial charge in [0.15, 0.2) is 5.76 Å². The van der Waals surface area contributed by atoms with Crippen molar-refractivity contribution < 1.29 is 4.52 Å². The van der Waals surface area contributed by atoms with Gasteiger partial charge >= 0.3 is 0 Å². The third-order valence-electron chi connectivity index (χ3n) is 3.86. The number of hydrogen-bond donors (Lipinski definition) is 0. The van der Waals surface area contributed by atoms with Crippen LogP contribution in [0.3, 0.4) is 0 Å². The second kappa shape index (κ2) is 5.93. The lowest BCUT2D eigenvalue weighted by Gasteiger charge is -2.02. The first-order valence-corrected chi connectivity index (χ1v) is 7.58. The minimum Gasteiger partial charge on any atom is -0.356 e. The Hall–Kier alpha value is -3.13. The molecule has 1 aromatic heterocycles. The van der Waals surface area contributed by atoms with Gasteiger partial charge in [0.25, 0.3) is 0 Å². The van der Waals surface area contributed by atoms with Crippen molar-refractivity contribution in [3.63, 3.8) is 0 Å². The predicted octanol–water partition coefficient (Wildman–Crippen LogP) is 5.68. The number of rotatable bonds is 3. The van der Waals surface area contributed by atoms with Gasteiger partial charge in [-0.15, -0.1) is 0 Å². The van der Waals surface area contributed by atoms with Crippen LogP contribution in [0, 0.1) is 0 Å². The van der Waals surface area contributed by atoms with Gasteiger partial charge in [0.05, 0.1) is 0 Å². The van der Waals surface area contributed by atoms with Gasteiger partial charge in [0.2, 0.25) is 0 Å². The molecular formula is C21H15NO. The van der Waals surface area contributed by atoms with Crippen molar-refractivity contribution in [3.8, 4) is 33.7 Å². The first kappa shape index (κ1) is 13.5. The Morgan fingerprint density at radius 2 is 1.04 bits per heavy atom. The van der Waals surface area contributed by atoms with E-state index >= 15 is 0 Å². The van der Waals surface area contributed by atoms with E-state index in [0.717, 1.165) is 22.6 Å². The standard InChI is InChI=1S/C21H15NO/c1-3-7-16(8-4-1)17-11-13-18(14-12-17)20-15-21(23-22-20)19-9-5-2-6-10-19/h1-15H. The van der Waals surface area contributed by atoms with E-state index in [9.17, 15) is 0 Å². The summed E-state index contributed by atoms with van der Waals surface area (Å²) in [5, 5.41) is 4.19. The van der Waals surface area contributed by atoms with E-state index in [2.05, 4.69) is 41.6 Å². The van der Waals surface area contributed by atoms with E-state index in [1.807, 2.05) is 54.6 Å². The third kappa shape index (κ3) is 2.79. The quantitative estimate of drug-likeness (QED) is 0.486. The number of benzene rings is 3. The summed E-state index contributed by atoms with van der Waals surface area (Å²) >= 11 is 0. The maximum Gasteiger partial charge on any atom is 0.167 e. The zero-order valence-corrected chi connectivity index (χ0v) is 12.5. The van der Waals surface area contributed by atoms with Crippen LogP contribution in [0.25, 0.3) is 33.7 Å². The Kier molecular flexibility index (Phi) is 3.49. The Morgan fingerprint density at radius 3 is 1.70 bits per heavy atom. The summed E-state index contributed by atoms with van der Waals surface area (Å²) in [6.07, 6.45) is 0. The van der Waals surface area contributed by atoms with Gasteiger partial charge in [0, 0.05) is 17.2 Å². The summed E-state index contributed by atoms with van der Waals surface area (Å²) in [6, 6.07) is 30.7. The van der Waals surface area contributed by atoms with Crippen LogP contribution < -0.4 is 0 Å². The van der Waals surface area contributed by atoms with E-state index in [4.69, 9.17) is 4.52 Å². The van der Waals surface area contributed by atoms with Crippen molar-refractivity contribution in [2.45, 2.75) is 0 Å². The summed E-state index contributed by atoms with van der Waals surface area (Å²) < 4.78 is 5.47. The fourth-order valence-electron chi connectivity index (χ4n) is 2.61. The second-order valence-corrected chi connectivity index (χ2v) is 5.39. The largest absolute Gasteiger partial charge is 0.356 e. The summed E-state index contributed by atoms with van der Waals surface area (Å²) in [7, 11) is 0. The van der Waals surface area contributed by atoms with Crippen molar-refractivity contribution >= 4 is 0 Å². The molecule has 0 radical (unpaired) electrons. The molecule has 0 bridgehead atoms. The van der Waals surface area contributed by atoms with Crippen molar-refractivity contribution in [2.75, 3.05) is 0 Å². The Balaban J connectivity index is 1.63. The lowest BCUT2D eigenvalue weighted by molar-refractivity contribution is 0.435. The van der Waals surface area contributed by atoms with Gasteiger partial charge in [-0.25, -0.2) is 0 Å². The van der Waals surface area contributed by atoms with Crippen LogP contribution in [-0.2, 0) is 0 Å². The number of nitrogens with zero attached hydrogens (tertiary/aromatic N) is 1. The van der Waals surface area contributed by atoms with Gasteiger partial charge in [-0.1, -0.05) is 90.1 Å². The van der Waals surface area contributed by atoms with Crippen LogP contribution in [0.15, 0.2) is 95.5 Å². The highest BCUT2D eigenvalue weighted by Crippen LogP contribution is 2.27. The smallest absolute Gasteiger partial charge is 0.167 e. The molecule has 0 N–H and O–H groups in total. The van der Waals surface area contributed by atoms with E-state index in [1.54, 1.807) is 0 Å². The molecule has 0 fully saturated rings. The number of hydrogen-bond acceptors (Lipinski definition) is 2. The molecule has 23 heavy (non-hydrogen) atoms. The van der Waals surface area contributed by atoms with Gasteiger partial charge in [-0.05, 0) is 11.1 Å². The summed E-state index contributed by atoms with van der Waals surface area (Å²) in [6.45, 7) is 0. The maximum atomic E-state index is 5.47. The summed E-state index contributed by atoms with van der Waals surface area (Å²) in [4.78, 5) is 0. The van der Waals surface area contributed by atoms with Crippen LogP contribution in [0.4, 0.5) is 0 Å². The molecule has 0 aliphatic rings. The molecule has 0 amide bonds. The topological polar surface area (TPSA) is 26.0 Å². The lowest BCUT2D eigenvalue weighted by atomic mass is 10.0. The van der Waals surface area contributed by atoms with Crippen LogP contribution >= 0.6 is 0 Å². The molecule has 2 heteroatoms. The zero-order valence-electron chi connectivity index (χ0n) is 12.5. The predicted molar refractivity (Wildman–Crippen MR) is 92.8 cm³/mol. The summed E-state index contributed by atoms with van der Waals surface area (Å²) in [5.41, 5.74) is 5.34. The average molecular weight is 297 g/mol. The molecule has 0 aliphatic carbocycles. The molecular weight excluding hydrogens is 282 g/mol. The molecule has 110 valence electrons. The van der Waals surface area contributed by atoms with Gasteiger partial charge in [-0.3, -0.25) is 0 Å².